The Balaban J connectivity index is 1.28. The molecule has 1 saturated carbocycles. The first-order valence-electron chi connectivity index (χ1n) is 9.48. The third-order valence-electron chi connectivity index (χ3n) is 5.38. The smallest absolute Gasteiger partial charge is 0.201 e. The summed E-state index contributed by atoms with van der Waals surface area (Å²) in [6.45, 7) is 4.51. The predicted octanol–water partition coefficient (Wildman–Crippen LogP) is 5.59. The number of rotatable bonds is 4. The van der Waals surface area contributed by atoms with Crippen LogP contribution in [0, 0.1) is 5.82 Å². The van der Waals surface area contributed by atoms with Crippen molar-refractivity contribution in [2.75, 3.05) is 11.9 Å². The van der Waals surface area contributed by atoms with Gasteiger partial charge < -0.3 is 10.1 Å². The molecular weight excluding hydrogens is 381 g/mol. The van der Waals surface area contributed by atoms with Gasteiger partial charge in [-0.3, -0.25) is 0 Å². The van der Waals surface area contributed by atoms with Crippen LogP contribution in [0.5, 0.6) is 0 Å². The Morgan fingerprint density at radius 1 is 1.07 bits per heavy atom. The first kappa shape index (κ1) is 19.4. The zero-order valence-electron chi connectivity index (χ0n) is 15.5. The molecule has 4 rings (SSSR count). The van der Waals surface area contributed by atoms with Crippen molar-refractivity contribution in [2.24, 2.45) is 0 Å². The molecule has 2 aromatic rings. The minimum absolute atomic E-state index is 0.232. The molecule has 2 fully saturated rings. The highest BCUT2D eigenvalue weighted by Crippen LogP contribution is 2.38. The minimum atomic E-state index is -0.697. The predicted molar refractivity (Wildman–Crippen MR) is 107 cm³/mol. The lowest BCUT2D eigenvalue weighted by molar-refractivity contribution is -0.483. The van der Waals surface area contributed by atoms with Gasteiger partial charge in [0.15, 0.2) is 0 Å². The summed E-state index contributed by atoms with van der Waals surface area (Å²) in [5, 5.41) is 4.12. The van der Waals surface area contributed by atoms with Crippen LogP contribution in [-0.4, -0.2) is 24.5 Å². The molecule has 2 aliphatic rings. The second kappa shape index (κ2) is 8.21. The van der Waals surface area contributed by atoms with Crippen molar-refractivity contribution in [3.05, 3.63) is 71.5 Å². The molecule has 0 radical (unpaired) electrons. The molecule has 0 bridgehead atoms. The third-order valence-corrected chi connectivity index (χ3v) is 5.63. The van der Waals surface area contributed by atoms with Gasteiger partial charge in [-0.15, -0.1) is 0 Å². The van der Waals surface area contributed by atoms with Crippen LogP contribution in [0.3, 0.4) is 0 Å². The average Bonchev–Trinajstić information content (AvgIpc) is 2.72. The summed E-state index contributed by atoms with van der Waals surface area (Å²) in [6.07, 6.45) is 2.87. The fraction of sp³-hybridized carbons (Fsp3) is 0.364. The van der Waals surface area contributed by atoms with Gasteiger partial charge >= 0.3 is 0 Å². The molecule has 1 saturated heterocycles. The fourth-order valence-electron chi connectivity index (χ4n) is 3.65. The number of halogens is 2. The lowest BCUT2D eigenvalue weighted by Gasteiger charge is -2.43. The molecule has 4 nitrogen and oxygen atoms in total. The number of ether oxygens (including phenoxy) is 1. The van der Waals surface area contributed by atoms with Crippen molar-refractivity contribution in [1.29, 1.82) is 0 Å². The summed E-state index contributed by atoms with van der Waals surface area (Å²) in [7, 11) is 0. The average molecular weight is 404 g/mol. The van der Waals surface area contributed by atoms with E-state index in [0.29, 0.717) is 17.7 Å². The fourth-order valence-corrected chi connectivity index (χ4v) is 3.77. The molecule has 1 atom stereocenters. The van der Waals surface area contributed by atoms with Crippen LogP contribution in [0.25, 0.3) is 5.57 Å². The molecular formula is C22H23ClFNO3. The second-order valence-electron chi connectivity index (χ2n) is 7.35. The van der Waals surface area contributed by atoms with E-state index in [2.05, 4.69) is 11.9 Å². The molecule has 1 aliphatic carbocycles. The molecule has 0 amide bonds. The van der Waals surface area contributed by atoms with E-state index < -0.39 is 5.79 Å². The topological polar surface area (TPSA) is 39.7 Å². The van der Waals surface area contributed by atoms with Crippen LogP contribution in [0.4, 0.5) is 10.1 Å². The molecule has 28 heavy (non-hydrogen) atoms. The van der Waals surface area contributed by atoms with Crippen LogP contribution in [0.15, 0.2) is 55.1 Å². The maximum Gasteiger partial charge on any atom is 0.201 e. The molecule has 1 spiro atoms. The van der Waals surface area contributed by atoms with Gasteiger partial charge in [0, 0.05) is 29.6 Å². The van der Waals surface area contributed by atoms with Crippen molar-refractivity contribution < 1.29 is 18.9 Å². The van der Waals surface area contributed by atoms with Crippen molar-refractivity contribution in [2.45, 2.75) is 43.6 Å². The summed E-state index contributed by atoms with van der Waals surface area (Å²) >= 11 is 5.94. The van der Waals surface area contributed by atoms with E-state index >= 15 is 0 Å². The van der Waals surface area contributed by atoms with Crippen LogP contribution in [0.2, 0.25) is 5.02 Å². The quantitative estimate of drug-likeness (QED) is 0.675. The maximum absolute atomic E-state index is 13.0. The Morgan fingerprint density at radius 2 is 1.75 bits per heavy atom. The molecule has 1 unspecified atom stereocenters. The Bertz CT molecular complexity index is 807. The Labute approximate surface area is 169 Å². The molecule has 1 aliphatic heterocycles. The monoisotopic (exact) mass is 403 g/mol. The van der Waals surface area contributed by atoms with Crippen LogP contribution in [-0.2, 0) is 14.5 Å². The van der Waals surface area contributed by atoms with Gasteiger partial charge in [-0.2, -0.15) is 0 Å². The van der Waals surface area contributed by atoms with Crippen LogP contribution in [0.1, 0.15) is 31.2 Å². The van der Waals surface area contributed by atoms with Crippen molar-refractivity contribution in [1.82, 2.24) is 0 Å². The molecule has 148 valence electrons. The molecule has 6 heteroatoms. The van der Waals surface area contributed by atoms with Gasteiger partial charge in [-0.25, -0.2) is 14.2 Å². The minimum Gasteiger partial charge on any atom is -0.382 e. The maximum atomic E-state index is 13.0. The zero-order chi connectivity index (χ0) is 19.6. The van der Waals surface area contributed by atoms with Crippen LogP contribution >= 0.6 is 11.6 Å². The van der Waals surface area contributed by atoms with Gasteiger partial charge in [0.2, 0.25) is 5.79 Å². The zero-order valence-corrected chi connectivity index (χ0v) is 16.3. The highest BCUT2D eigenvalue weighted by molar-refractivity contribution is 6.30. The molecule has 2 aromatic carbocycles. The van der Waals surface area contributed by atoms with Gasteiger partial charge in [-0.1, -0.05) is 30.3 Å². The largest absolute Gasteiger partial charge is 0.382 e. The van der Waals surface area contributed by atoms with E-state index in [1.165, 1.54) is 12.1 Å². The second-order valence-corrected chi connectivity index (χ2v) is 7.78. The summed E-state index contributed by atoms with van der Waals surface area (Å²) in [5.41, 5.74) is 2.67. The van der Waals surface area contributed by atoms with E-state index in [4.69, 9.17) is 26.1 Å². The number of anilines is 1. The Hall–Kier alpha value is -1.92. The summed E-state index contributed by atoms with van der Waals surface area (Å²) < 4.78 is 19.1. The molecule has 0 aromatic heterocycles. The summed E-state index contributed by atoms with van der Waals surface area (Å²) in [4.78, 5) is 11.4. The SMILES string of the molecule is C=C(c1ccc(Cl)cc1)C1COC2(CCC(Nc3ccc(F)cc3)CC2)OO1. The van der Waals surface area contributed by atoms with E-state index in [1.54, 1.807) is 12.1 Å². The van der Waals surface area contributed by atoms with Gasteiger partial charge in [0.05, 0.1) is 6.61 Å². The normalized spacial score (nSPS) is 27.5. The third kappa shape index (κ3) is 4.39. The van der Waals surface area contributed by atoms with E-state index in [-0.39, 0.29) is 11.9 Å². The van der Waals surface area contributed by atoms with E-state index in [9.17, 15) is 4.39 Å². The van der Waals surface area contributed by atoms with Crippen molar-refractivity contribution >= 4 is 22.9 Å². The highest BCUT2D eigenvalue weighted by Gasteiger charge is 2.43. The summed E-state index contributed by atoms with van der Waals surface area (Å²) in [6, 6.07) is 14.2. The Morgan fingerprint density at radius 3 is 2.36 bits per heavy atom. The molecule has 1 N–H and O–H groups in total. The lowest BCUT2D eigenvalue weighted by Crippen LogP contribution is -2.49. The van der Waals surface area contributed by atoms with Crippen molar-refractivity contribution in [3.63, 3.8) is 0 Å². The lowest BCUT2D eigenvalue weighted by atomic mass is 9.89. The Kier molecular flexibility index (Phi) is 5.69. The summed E-state index contributed by atoms with van der Waals surface area (Å²) in [5.74, 6) is -0.929. The van der Waals surface area contributed by atoms with Gasteiger partial charge in [0.1, 0.15) is 11.9 Å². The first-order chi connectivity index (χ1) is 13.5. The van der Waals surface area contributed by atoms with Gasteiger partial charge in [0.25, 0.3) is 0 Å². The van der Waals surface area contributed by atoms with Gasteiger partial charge in [-0.05, 0) is 60.4 Å². The van der Waals surface area contributed by atoms with E-state index in [0.717, 1.165) is 42.5 Å². The van der Waals surface area contributed by atoms with Crippen LogP contribution < -0.4 is 5.32 Å². The number of benzene rings is 2. The molecule has 1 heterocycles. The van der Waals surface area contributed by atoms with E-state index in [1.807, 2.05) is 24.3 Å². The number of hydrogen-bond donors (Lipinski definition) is 1. The number of hydrogen-bond acceptors (Lipinski definition) is 4. The highest BCUT2D eigenvalue weighted by atomic mass is 35.5. The first-order valence-corrected chi connectivity index (χ1v) is 9.86. The number of nitrogens with one attached hydrogen (secondary N) is 1. The standard InChI is InChI=1S/C22H23ClFNO3/c1-15(16-2-4-17(23)5-3-16)21-14-26-22(28-27-21)12-10-20(11-13-22)25-19-8-6-18(24)7-9-19/h2-9,20-21,25H,1,10-14H2. The van der Waals surface area contributed by atoms with Crippen molar-refractivity contribution in [3.8, 4) is 0 Å².